The van der Waals surface area contributed by atoms with E-state index in [-0.39, 0.29) is 24.2 Å². The predicted molar refractivity (Wildman–Crippen MR) is 89.1 cm³/mol. The zero-order valence-corrected chi connectivity index (χ0v) is 14.6. The largest absolute Gasteiger partial charge is 0.392 e. The molecule has 0 radical (unpaired) electrons. The van der Waals surface area contributed by atoms with Gasteiger partial charge in [0, 0.05) is 25.7 Å². The van der Waals surface area contributed by atoms with Gasteiger partial charge in [0.05, 0.1) is 24.9 Å². The molecule has 1 N–H and O–H groups in total. The number of rotatable bonds is 3. The predicted octanol–water partition coefficient (Wildman–Crippen LogP) is 1.64. The van der Waals surface area contributed by atoms with Gasteiger partial charge in [-0.25, -0.2) is 0 Å². The fourth-order valence-corrected chi connectivity index (χ4v) is 4.76. The SMILES string of the molecule is C[C@@H]1CN(C(=O)CN2C[C@H](O)C[C@H]2C2CCCCC2)C[C@@H](C)O1. The third kappa shape index (κ3) is 4.25. The van der Waals surface area contributed by atoms with Crippen LogP contribution in [0, 0.1) is 5.92 Å². The van der Waals surface area contributed by atoms with Crippen LogP contribution in [0.15, 0.2) is 0 Å². The maximum Gasteiger partial charge on any atom is 0.236 e. The first-order valence-corrected chi connectivity index (χ1v) is 9.38. The summed E-state index contributed by atoms with van der Waals surface area (Å²) in [6.45, 7) is 6.54. The Morgan fingerprint density at radius 2 is 1.74 bits per heavy atom. The molecule has 132 valence electrons. The fourth-order valence-electron chi connectivity index (χ4n) is 4.76. The molecule has 2 saturated heterocycles. The maximum absolute atomic E-state index is 12.7. The summed E-state index contributed by atoms with van der Waals surface area (Å²) in [5.41, 5.74) is 0. The molecule has 0 aromatic heterocycles. The number of aliphatic hydroxyl groups excluding tert-OH is 1. The minimum Gasteiger partial charge on any atom is -0.392 e. The molecule has 3 fully saturated rings. The smallest absolute Gasteiger partial charge is 0.236 e. The summed E-state index contributed by atoms with van der Waals surface area (Å²) in [5, 5.41) is 10.1. The molecule has 3 rings (SSSR count). The lowest BCUT2D eigenvalue weighted by Crippen LogP contribution is -2.52. The first-order chi connectivity index (χ1) is 11.0. The van der Waals surface area contributed by atoms with Crippen LogP contribution in [0.3, 0.4) is 0 Å². The monoisotopic (exact) mass is 324 g/mol. The van der Waals surface area contributed by atoms with Gasteiger partial charge in [-0.2, -0.15) is 0 Å². The van der Waals surface area contributed by atoms with Gasteiger partial charge in [0.25, 0.3) is 0 Å². The Morgan fingerprint density at radius 3 is 2.39 bits per heavy atom. The van der Waals surface area contributed by atoms with E-state index in [0.717, 1.165) is 6.42 Å². The Kier molecular flexibility index (Phi) is 5.60. The molecule has 5 heteroatoms. The molecule has 0 unspecified atom stereocenters. The highest BCUT2D eigenvalue weighted by Gasteiger charge is 2.38. The number of amides is 1. The molecule has 1 aliphatic carbocycles. The molecule has 0 bridgehead atoms. The van der Waals surface area contributed by atoms with Crippen molar-refractivity contribution in [1.29, 1.82) is 0 Å². The Hall–Kier alpha value is -0.650. The third-order valence-corrected chi connectivity index (χ3v) is 5.73. The lowest BCUT2D eigenvalue weighted by molar-refractivity contribution is -0.144. The van der Waals surface area contributed by atoms with Crippen LogP contribution in [0.2, 0.25) is 0 Å². The molecule has 4 atom stereocenters. The van der Waals surface area contributed by atoms with Crippen molar-refractivity contribution in [3.05, 3.63) is 0 Å². The van der Waals surface area contributed by atoms with Gasteiger partial charge in [-0.3, -0.25) is 9.69 Å². The molecular weight excluding hydrogens is 292 g/mol. The van der Waals surface area contributed by atoms with Gasteiger partial charge in [-0.1, -0.05) is 19.3 Å². The van der Waals surface area contributed by atoms with E-state index in [2.05, 4.69) is 4.90 Å². The molecule has 2 heterocycles. The highest BCUT2D eigenvalue weighted by Crippen LogP contribution is 2.34. The van der Waals surface area contributed by atoms with Crippen LogP contribution in [0.5, 0.6) is 0 Å². The highest BCUT2D eigenvalue weighted by atomic mass is 16.5. The second-order valence-corrected chi connectivity index (χ2v) is 7.84. The van der Waals surface area contributed by atoms with Crippen molar-refractivity contribution in [3.63, 3.8) is 0 Å². The van der Waals surface area contributed by atoms with Gasteiger partial charge in [-0.15, -0.1) is 0 Å². The zero-order valence-electron chi connectivity index (χ0n) is 14.6. The quantitative estimate of drug-likeness (QED) is 0.857. The van der Waals surface area contributed by atoms with Crippen LogP contribution in [-0.2, 0) is 9.53 Å². The standard InChI is InChI=1S/C18H32N2O3/c1-13-9-20(10-14(2)23-13)18(22)12-19-11-16(21)8-17(19)15-6-4-3-5-7-15/h13-17,21H,3-12H2,1-2H3/t13-,14-,16-,17+/m1/s1. The number of carbonyl (C=O) groups is 1. The van der Waals surface area contributed by atoms with Gasteiger partial charge >= 0.3 is 0 Å². The van der Waals surface area contributed by atoms with Crippen molar-refractivity contribution < 1.29 is 14.6 Å². The molecule has 0 aromatic rings. The summed E-state index contributed by atoms with van der Waals surface area (Å²) in [6.07, 6.45) is 7.26. The number of hydrogen-bond acceptors (Lipinski definition) is 4. The van der Waals surface area contributed by atoms with Crippen molar-refractivity contribution >= 4 is 5.91 Å². The number of aliphatic hydroxyl groups is 1. The maximum atomic E-state index is 12.7. The van der Waals surface area contributed by atoms with Gasteiger partial charge in [-0.05, 0) is 39.0 Å². The topological polar surface area (TPSA) is 53.0 Å². The lowest BCUT2D eigenvalue weighted by atomic mass is 9.83. The minimum absolute atomic E-state index is 0.112. The van der Waals surface area contributed by atoms with Crippen molar-refractivity contribution in [2.75, 3.05) is 26.2 Å². The van der Waals surface area contributed by atoms with Gasteiger partial charge in [0.1, 0.15) is 0 Å². The number of nitrogens with zero attached hydrogens (tertiary/aromatic N) is 2. The van der Waals surface area contributed by atoms with E-state index < -0.39 is 0 Å². The van der Waals surface area contributed by atoms with Crippen molar-refractivity contribution in [3.8, 4) is 0 Å². The normalized spacial score (nSPS) is 37.3. The number of β-amino-alcohol motifs (C(OH)–C–C–N with tert-alkyl or cyclic N) is 1. The summed E-state index contributed by atoms with van der Waals surface area (Å²) in [6, 6.07) is 0.394. The Morgan fingerprint density at radius 1 is 1.09 bits per heavy atom. The van der Waals surface area contributed by atoms with E-state index in [1.807, 2.05) is 18.7 Å². The molecule has 0 aromatic carbocycles. The van der Waals surface area contributed by atoms with E-state index >= 15 is 0 Å². The minimum atomic E-state index is -0.266. The van der Waals surface area contributed by atoms with Gasteiger partial charge < -0.3 is 14.7 Å². The molecule has 23 heavy (non-hydrogen) atoms. The first kappa shape index (κ1) is 17.2. The van der Waals surface area contributed by atoms with Gasteiger partial charge in [0.2, 0.25) is 5.91 Å². The number of ether oxygens (including phenoxy) is 1. The van der Waals surface area contributed by atoms with E-state index in [4.69, 9.17) is 4.74 Å². The average Bonchev–Trinajstić information content (AvgIpc) is 2.87. The molecule has 1 amide bonds. The summed E-state index contributed by atoms with van der Waals surface area (Å²) in [5.74, 6) is 0.859. The summed E-state index contributed by atoms with van der Waals surface area (Å²) < 4.78 is 5.72. The molecule has 0 spiro atoms. The van der Waals surface area contributed by atoms with Crippen molar-refractivity contribution in [2.45, 2.75) is 76.7 Å². The molecule has 3 aliphatic rings. The van der Waals surface area contributed by atoms with E-state index in [9.17, 15) is 9.90 Å². The van der Waals surface area contributed by atoms with E-state index in [1.54, 1.807) is 0 Å². The lowest BCUT2D eigenvalue weighted by Gasteiger charge is -2.38. The average molecular weight is 324 g/mol. The second kappa shape index (κ2) is 7.49. The van der Waals surface area contributed by atoms with Crippen LogP contribution in [-0.4, -0.2) is 71.3 Å². The van der Waals surface area contributed by atoms with Crippen LogP contribution in [0.1, 0.15) is 52.4 Å². The second-order valence-electron chi connectivity index (χ2n) is 7.84. The Labute approximate surface area is 140 Å². The van der Waals surface area contributed by atoms with Crippen LogP contribution >= 0.6 is 0 Å². The Bertz CT molecular complexity index is 401. The zero-order chi connectivity index (χ0) is 16.4. The van der Waals surface area contributed by atoms with E-state index in [1.165, 1.54) is 32.1 Å². The number of likely N-dealkylation sites (tertiary alicyclic amines) is 1. The van der Waals surface area contributed by atoms with Crippen LogP contribution < -0.4 is 0 Å². The molecule has 2 aliphatic heterocycles. The Balaban J connectivity index is 1.59. The summed E-state index contributed by atoms with van der Waals surface area (Å²) >= 11 is 0. The van der Waals surface area contributed by atoms with Gasteiger partial charge in [0.15, 0.2) is 0 Å². The molecular formula is C18H32N2O3. The van der Waals surface area contributed by atoms with Crippen molar-refractivity contribution in [1.82, 2.24) is 9.80 Å². The molecule has 1 saturated carbocycles. The highest BCUT2D eigenvalue weighted by molar-refractivity contribution is 5.78. The number of morpholine rings is 1. The first-order valence-electron chi connectivity index (χ1n) is 9.38. The fraction of sp³-hybridized carbons (Fsp3) is 0.944. The summed E-state index contributed by atoms with van der Waals surface area (Å²) in [7, 11) is 0. The number of carbonyl (C=O) groups excluding carboxylic acids is 1. The third-order valence-electron chi connectivity index (χ3n) is 5.73. The molecule has 5 nitrogen and oxygen atoms in total. The van der Waals surface area contributed by atoms with E-state index in [0.29, 0.717) is 38.1 Å². The van der Waals surface area contributed by atoms with Crippen LogP contribution in [0.25, 0.3) is 0 Å². The van der Waals surface area contributed by atoms with Crippen molar-refractivity contribution in [2.24, 2.45) is 5.92 Å². The van der Waals surface area contributed by atoms with Crippen LogP contribution in [0.4, 0.5) is 0 Å². The summed E-state index contributed by atoms with van der Waals surface area (Å²) in [4.78, 5) is 16.9. The number of hydrogen-bond donors (Lipinski definition) is 1.